The molecule has 1 atom stereocenters. The molecule has 0 fully saturated rings. The Morgan fingerprint density at radius 3 is 0.957 bits per heavy atom. The summed E-state index contributed by atoms with van der Waals surface area (Å²) in [7, 11) is 0. The fourth-order valence-corrected chi connectivity index (χ4v) is 7.29. The van der Waals surface area contributed by atoms with Gasteiger partial charge in [-0.15, -0.1) is 0 Å². The summed E-state index contributed by atoms with van der Waals surface area (Å²) in [5.41, 5.74) is 0. The third-order valence-corrected chi connectivity index (χ3v) is 11.4. The summed E-state index contributed by atoms with van der Waals surface area (Å²) in [5, 5.41) is 0. The molecular weight excluding hydrogens is 853 g/mol. The van der Waals surface area contributed by atoms with Gasteiger partial charge in [-0.1, -0.05) is 219 Å². The Balaban J connectivity index is 4.54. The van der Waals surface area contributed by atoms with Crippen LogP contribution in [0.25, 0.3) is 0 Å². The Kier molecular flexibility index (Phi) is 53.0. The molecule has 0 saturated carbocycles. The summed E-state index contributed by atoms with van der Waals surface area (Å²) < 4.78 is 16.8. The van der Waals surface area contributed by atoms with Crippen molar-refractivity contribution in [3.05, 3.63) is 122 Å². The van der Waals surface area contributed by atoms with Crippen molar-refractivity contribution in [1.82, 2.24) is 0 Å². The third kappa shape index (κ3) is 54.6. The molecule has 0 unspecified atom stereocenters. The van der Waals surface area contributed by atoms with E-state index < -0.39 is 6.10 Å². The molecule has 0 rings (SSSR count). The summed E-state index contributed by atoms with van der Waals surface area (Å²) >= 11 is 0. The van der Waals surface area contributed by atoms with Gasteiger partial charge in [-0.2, -0.15) is 0 Å². The van der Waals surface area contributed by atoms with Gasteiger partial charge in [0, 0.05) is 19.3 Å². The molecule has 0 amide bonds. The lowest BCUT2D eigenvalue weighted by atomic mass is 10.1. The predicted molar refractivity (Wildman–Crippen MR) is 297 cm³/mol. The van der Waals surface area contributed by atoms with E-state index in [1.807, 2.05) is 0 Å². The molecule has 0 saturated heterocycles. The second-order valence-corrected chi connectivity index (χ2v) is 18.1. The van der Waals surface area contributed by atoms with E-state index in [9.17, 15) is 14.4 Å². The fourth-order valence-electron chi connectivity index (χ4n) is 7.29. The van der Waals surface area contributed by atoms with Crippen molar-refractivity contribution >= 4 is 17.9 Å². The second kappa shape index (κ2) is 56.4. The first-order valence-corrected chi connectivity index (χ1v) is 28.0. The van der Waals surface area contributed by atoms with Crippen LogP contribution >= 0.6 is 0 Å². The highest BCUT2D eigenvalue weighted by atomic mass is 16.6. The van der Waals surface area contributed by atoms with E-state index >= 15 is 0 Å². The number of allylic oxidation sites excluding steroid dienone is 20. The molecule has 0 heterocycles. The largest absolute Gasteiger partial charge is 0.462 e. The number of rotatable bonds is 49. The van der Waals surface area contributed by atoms with Crippen molar-refractivity contribution in [3.63, 3.8) is 0 Å². The zero-order valence-corrected chi connectivity index (χ0v) is 44.5. The van der Waals surface area contributed by atoms with Crippen LogP contribution in [0.3, 0.4) is 0 Å². The number of hydrogen-bond acceptors (Lipinski definition) is 6. The molecular formula is C63H102O6. The standard InChI is InChI=1S/C63H102O6/c1-4-7-10-13-16-19-22-25-28-31-34-37-40-43-46-49-52-55-61(64)67-58-60(69-63(66)57-54-51-48-45-42-39-36-33-30-27-24-21-18-15-12-9-6-3)59-68-62(65)56-53-50-47-44-41-38-35-32-29-26-23-20-17-14-11-8-5-2/h7-8,10-11,16-17,19-20,25-30,34-35,37-38,43,46,60H,4-6,9,12-15,18,21-24,31-33,36,39-42,44-45,47-59H2,1-3H3/b10-7-,11-8-,19-16-,20-17-,28-25-,29-26-,30-27-,37-34-,38-35-,46-43-/t60-/m1/s1. The minimum atomic E-state index is -0.817. The van der Waals surface area contributed by atoms with Gasteiger partial charge in [0.15, 0.2) is 6.10 Å². The van der Waals surface area contributed by atoms with Crippen LogP contribution in [0.4, 0.5) is 0 Å². The summed E-state index contributed by atoms with van der Waals surface area (Å²) in [6.45, 7) is 6.33. The summed E-state index contributed by atoms with van der Waals surface area (Å²) in [6, 6.07) is 0. The molecule has 0 radical (unpaired) electrons. The zero-order valence-electron chi connectivity index (χ0n) is 44.5. The smallest absolute Gasteiger partial charge is 0.306 e. The number of esters is 3. The molecule has 0 N–H and O–H groups in total. The van der Waals surface area contributed by atoms with E-state index in [0.29, 0.717) is 19.3 Å². The average molecular weight is 956 g/mol. The predicted octanol–water partition coefficient (Wildman–Crippen LogP) is 18.9. The van der Waals surface area contributed by atoms with Crippen molar-refractivity contribution in [3.8, 4) is 0 Å². The Labute approximate surface area is 424 Å². The van der Waals surface area contributed by atoms with Crippen molar-refractivity contribution in [2.75, 3.05) is 13.2 Å². The molecule has 6 nitrogen and oxygen atoms in total. The maximum Gasteiger partial charge on any atom is 0.306 e. The van der Waals surface area contributed by atoms with Gasteiger partial charge in [-0.25, -0.2) is 0 Å². The van der Waals surface area contributed by atoms with Crippen LogP contribution in [0.1, 0.15) is 239 Å². The quantitative estimate of drug-likeness (QED) is 0.0262. The lowest BCUT2D eigenvalue weighted by molar-refractivity contribution is -0.167. The van der Waals surface area contributed by atoms with Crippen molar-refractivity contribution < 1.29 is 28.6 Å². The molecule has 390 valence electrons. The van der Waals surface area contributed by atoms with Crippen LogP contribution in [0.15, 0.2) is 122 Å². The monoisotopic (exact) mass is 955 g/mol. The normalized spacial score (nSPS) is 13.0. The molecule has 0 aromatic heterocycles. The third-order valence-electron chi connectivity index (χ3n) is 11.4. The summed E-state index contributed by atoms with van der Waals surface area (Å²) in [4.78, 5) is 38.1. The van der Waals surface area contributed by atoms with Gasteiger partial charge in [0.2, 0.25) is 0 Å². The maximum atomic E-state index is 12.9. The second-order valence-electron chi connectivity index (χ2n) is 18.1. The van der Waals surface area contributed by atoms with Gasteiger partial charge in [0.1, 0.15) is 13.2 Å². The van der Waals surface area contributed by atoms with Gasteiger partial charge < -0.3 is 14.2 Å². The van der Waals surface area contributed by atoms with E-state index in [4.69, 9.17) is 14.2 Å². The van der Waals surface area contributed by atoms with Gasteiger partial charge >= 0.3 is 17.9 Å². The first-order valence-electron chi connectivity index (χ1n) is 28.0. The minimum absolute atomic E-state index is 0.113. The maximum absolute atomic E-state index is 12.9. The Morgan fingerprint density at radius 2 is 0.580 bits per heavy atom. The van der Waals surface area contributed by atoms with Crippen molar-refractivity contribution in [2.45, 2.75) is 245 Å². The molecule has 0 aromatic carbocycles. The highest BCUT2D eigenvalue weighted by molar-refractivity contribution is 5.71. The zero-order chi connectivity index (χ0) is 50.0. The number of carbonyl (C=O) groups is 3. The van der Waals surface area contributed by atoms with Crippen LogP contribution in [-0.4, -0.2) is 37.2 Å². The van der Waals surface area contributed by atoms with Crippen LogP contribution < -0.4 is 0 Å². The molecule has 0 aliphatic heterocycles. The van der Waals surface area contributed by atoms with Crippen LogP contribution in [0.2, 0.25) is 0 Å². The topological polar surface area (TPSA) is 78.9 Å². The van der Waals surface area contributed by atoms with Gasteiger partial charge in [0.05, 0.1) is 0 Å². The van der Waals surface area contributed by atoms with Crippen LogP contribution in [0.5, 0.6) is 0 Å². The number of unbranched alkanes of at least 4 members (excludes halogenated alkanes) is 18. The Morgan fingerprint density at radius 1 is 0.304 bits per heavy atom. The van der Waals surface area contributed by atoms with Gasteiger partial charge in [-0.3, -0.25) is 14.4 Å². The molecule has 0 aliphatic carbocycles. The number of carbonyl (C=O) groups excluding carboxylic acids is 3. The SMILES string of the molecule is CC/C=C\C/C=C\C/C=C\C/C=C\C/C=C\CCCC(=O)OC[C@H](COC(=O)CCCCCC/C=C\C/C=C\C/C=C\C/C=C\CC)OC(=O)CCCCCCCCC/C=C\CCCCCCCC. The number of hydrogen-bond donors (Lipinski definition) is 0. The number of ether oxygens (including phenoxy) is 3. The fraction of sp³-hybridized carbons (Fsp3) is 0.635. The first-order chi connectivity index (χ1) is 34.0. The van der Waals surface area contributed by atoms with E-state index in [2.05, 4.69) is 142 Å². The van der Waals surface area contributed by atoms with E-state index in [1.54, 1.807) is 0 Å². The lowest BCUT2D eigenvalue weighted by Gasteiger charge is -2.18. The highest BCUT2D eigenvalue weighted by Crippen LogP contribution is 2.14. The highest BCUT2D eigenvalue weighted by Gasteiger charge is 2.19. The average Bonchev–Trinajstić information content (AvgIpc) is 3.35. The van der Waals surface area contributed by atoms with Crippen LogP contribution in [-0.2, 0) is 28.6 Å². The lowest BCUT2D eigenvalue weighted by Crippen LogP contribution is -2.30. The van der Waals surface area contributed by atoms with E-state index in [0.717, 1.165) is 116 Å². The summed E-state index contributed by atoms with van der Waals surface area (Å²) in [6.07, 6.45) is 77.6. The van der Waals surface area contributed by atoms with Gasteiger partial charge in [-0.05, 0) is 122 Å². The van der Waals surface area contributed by atoms with Crippen LogP contribution in [0, 0.1) is 0 Å². The van der Waals surface area contributed by atoms with Crippen molar-refractivity contribution in [1.29, 1.82) is 0 Å². The van der Waals surface area contributed by atoms with Crippen molar-refractivity contribution in [2.24, 2.45) is 0 Å². The molecule has 0 aromatic rings. The summed E-state index contributed by atoms with van der Waals surface area (Å²) in [5.74, 6) is -1.00. The molecule has 69 heavy (non-hydrogen) atoms. The minimum Gasteiger partial charge on any atom is -0.462 e. The molecule has 6 heteroatoms. The first kappa shape index (κ1) is 64.8. The van der Waals surface area contributed by atoms with E-state index in [-0.39, 0.29) is 37.5 Å². The van der Waals surface area contributed by atoms with Gasteiger partial charge in [0.25, 0.3) is 0 Å². The molecule has 0 spiro atoms. The Hall–Kier alpha value is -4.19. The van der Waals surface area contributed by atoms with E-state index in [1.165, 1.54) is 77.0 Å². The Bertz CT molecular complexity index is 1470. The molecule has 0 bridgehead atoms. The molecule has 0 aliphatic rings.